The van der Waals surface area contributed by atoms with Crippen LogP contribution >= 0.6 is 23.2 Å². The van der Waals surface area contributed by atoms with Crippen LogP contribution in [0.3, 0.4) is 0 Å². The van der Waals surface area contributed by atoms with Crippen molar-refractivity contribution < 1.29 is 4.79 Å². The Kier molecular flexibility index (Phi) is 4.33. The molecule has 0 amide bonds. The molecule has 0 fully saturated rings. The van der Waals surface area contributed by atoms with Crippen LogP contribution in [-0.2, 0) is 11.2 Å². The topological polar surface area (TPSA) is 47.8 Å². The van der Waals surface area contributed by atoms with E-state index >= 15 is 0 Å². The summed E-state index contributed by atoms with van der Waals surface area (Å²) in [5.74, 6) is 0.380. The molecular formula is C12H11Cl2N3O. The minimum atomic E-state index is 0.0534. The van der Waals surface area contributed by atoms with Crippen LogP contribution in [0.1, 0.15) is 12.0 Å². The molecule has 2 aromatic heterocycles. The Hall–Kier alpha value is -1.39. The third-order valence-corrected chi connectivity index (χ3v) is 2.92. The number of aromatic nitrogens is 3. The summed E-state index contributed by atoms with van der Waals surface area (Å²) in [5, 5.41) is 4.49. The largest absolute Gasteiger partial charge is 0.299 e. The number of Topliss-reactive ketones (excluding diaryl/α,β-unsaturated/α-hetero) is 1. The highest BCUT2D eigenvalue weighted by atomic mass is 35.5. The summed E-state index contributed by atoms with van der Waals surface area (Å²) in [6.07, 6.45) is 5.69. The van der Waals surface area contributed by atoms with Gasteiger partial charge in [0.2, 0.25) is 0 Å². The van der Waals surface area contributed by atoms with Crippen LogP contribution in [-0.4, -0.2) is 26.4 Å². The average molecular weight is 284 g/mol. The van der Waals surface area contributed by atoms with Crippen LogP contribution in [0.15, 0.2) is 30.7 Å². The van der Waals surface area contributed by atoms with Crippen molar-refractivity contribution in [3.05, 3.63) is 41.4 Å². The summed E-state index contributed by atoms with van der Waals surface area (Å²) in [4.78, 5) is 15.5. The fourth-order valence-electron chi connectivity index (χ4n) is 1.53. The van der Waals surface area contributed by atoms with Gasteiger partial charge in [-0.3, -0.25) is 9.78 Å². The number of rotatable bonds is 5. The Morgan fingerprint density at radius 2 is 2.28 bits per heavy atom. The van der Waals surface area contributed by atoms with E-state index < -0.39 is 0 Å². The number of carbonyl (C=O) groups excluding carboxylic acids is 1. The molecule has 2 aromatic rings. The van der Waals surface area contributed by atoms with E-state index in [9.17, 15) is 4.79 Å². The minimum Gasteiger partial charge on any atom is -0.299 e. The lowest BCUT2D eigenvalue weighted by atomic mass is 10.1. The molecule has 0 saturated carbocycles. The predicted octanol–water partition coefficient (Wildman–Crippen LogP) is 2.66. The van der Waals surface area contributed by atoms with Gasteiger partial charge >= 0.3 is 0 Å². The van der Waals surface area contributed by atoms with Gasteiger partial charge < -0.3 is 0 Å². The van der Waals surface area contributed by atoms with E-state index in [0.29, 0.717) is 23.0 Å². The molecule has 18 heavy (non-hydrogen) atoms. The Balaban J connectivity index is 2.20. The molecule has 0 atom stereocenters. The molecule has 4 nitrogen and oxygen atoms in total. The minimum absolute atomic E-state index is 0.0534. The number of nitrogens with zero attached hydrogens (tertiary/aromatic N) is 3. The molecule has 2 heterocycles. The first-order valence-electron chi connectivity index (χ1n) is 5.43. The van der Waals surface area contributed by atoms with Gasteiger partial charge in [0.1, 0.15) is 5.78 Å². The van der Waals surface area contributed by atoms with Crippen molar-refractivity contribution in [2.24, 2.45) is 0 Å². The van der Waals surface area contributed by atoms with Crippen LogP contribution in [0.5, 0.6) is 0 Å². The lowest BCUT2D eigenvalue weighted by molar-refractivity contribution is -0.118. The fraction of sp³-hybridized carbons (Fsp3) is 0.250. The van der Waals surface area contributed by atoms with Crippen molar-refractivity contribution >= 4 is 29.0 Å². The van der Waals surface area contributed by atoms with Crippen molar-refractivity contribution in [2.45, 2.75) is 12.8 Å². The van der Waals surface area contributed by atoms with Crippen molar-refractivity contribution in [3.8, 4) is 5.69 Å². The highest BCUT2D eigenvalue weighted by Crippen LogP contribution is 2.17. The molecule has 0 aliphatic carbocycles. The second-order valence-electron chi connectivity index (χ2n) is 3.76. The maximum Gasteiger partial charge on any atom is 0.155 e. The number of carbonyl (C=O) groups is 1. The molecule has 6 heteroatoms. The zero-order valence-corrected chi connectivity index (χ0v) is 11.0. The maximum absolute atomic E-state index is 11.5. The molecule has 0 aromatic carbocycles. The van der Waals surface area contributed by atoms with E-state index in [1.54, 1.807) is 23.3 Å². The predicted molar refractivity (Wildman–Crippen MR) is 70.4 cm³/mol. The number of hydrogen-bond donors (Lipinski definition) is 0. The van der Waals surface area contributed by atoms with E-state index in [-0.39, 0.29) is 12.2 Å². The van der Waals surface area contributed by atoms with E-state index in [0.717, 1.165) is 5.69 Å². The summed E-state index contributed by atoms with van der Waals surface area (Å²) in [6, 6.07) is 3.67. The first-order valence-corrected chi connectivity index (χ1v) is 6.34. The molecule has 94 valence electrons. The molecular weight excluding hydrogens is 273 g/mol. The molecule has 0 radical (unpaired) electrons. The summed E-state index contributed by atoms with van der Waals surface area (Å²) in [5.41, 5.74) is 1.51. The first-order chi connectivity index (χ1) is 8.70. The van der Waals surface area contributed by atoms with Gasteiger partial charge in [0.15, 0.2) is 5.15 Å². The highest BCUT2D eigenvalue weighted by Gasteiger charge is 2.11. The van der Waals surface area contributed by atoms with Crippen LogP contribution < -0.4 is 0 Å². The summed E-state index contributed by atoms with van der Waals surface area (Å²) in [6.45, 7) is 0. The third kappa shape index (κ3) is 3.09. The van der Waals surface area contributed by atoms with E-state index in [1.807, 2.05) is 12.1 Å². The van der Waals surface area contributed by atoms with Crippen molar-refractivity contribution in [1.29, 1.82) is 0 Å². The van der Waals surface area contributed by atoms with Crippen molar-refractivity contribution in [3.63, 3.8) is 0 Å². The molecule has 0 aliphatic heterocycles. The third-order valence-electron chi connectivity index (χ3n) is 2.41. The fourth-order valence-corrected chi connectivity index (χ4v) is 1.94. The molecule has 0 bridgehead atoms. The standard InChI is InChI=1S/C12H11Cl2N3O/c13-4-3-11(18)6-9-8-17(16-12(9)14)10-2-1-5-15-7-10/h1-2,5,7-8H,3-4,6H2. The van der Waals surface area contributed by atoms with Gasteiger partial charge in [-0.15, -0.1) is 11.6 Å². The van der Waals surface area contributed by atoms with Crippen LogP contribution in [0.4, 0.5) is 0 Å². The Morgan fingerprint density at radius 3 is 2.94 bits per heavy atom. The lowest BCUT2D eigenvalue weighted by Gasteiger charge is -1.98. The molecule has 0 unspecified atom stereocenters. The van der Waals surface area contributed by atoms with Crippen LogP contribution in [0.25, 0.3) is 5.69 Å². The van der Waals surface area contributed by atoms with Crippen LogP contribution in [0, 0.1) is 0 Å². The molecule has 0 N–H and O–H groups in total. The van der Waals surface area contributed by atoms with Gasteiger partial charge in [0.25, 0.3) is 0 Å². The lowest BCUT2D eigenvalue weighted by Crippen LogP contribution is -2.02. The summed E-state index contributed by atoms with van der Waals surface area (Å²) in [7, 11) is 0. The Morgan fingerprint density at radius 1 is 1.44 bits per heavy atom. The number of hydrogen-bond acceptors (Lipinski definition) is 3. The van der Waals surface area contributed by atoms with E-state index in [4.69, 9.17) is 23.2 Å². The van der Waals surface area contributed by atoms with Gasteiger partial charge in [-0.05, 0) is 12.1 Å². The van der Waals surface area contributed by atoms with Gasteiger partial charge in [-0.1, -0.05) is 11.6 Å². The maximum atomic E-state index is 11.5. The zero-order chi connectivity index (χ0) is 13.0. The van der Waals surface area contributed by atoms with Crippen LogP contribution in [0.2, 0.25) is 5.15 Å². The van der Waals surface area contributed by atoms with Gasteiger partial charge in [0.05, 0.1) is 11.9 Å². The SMILES string of the molecule is O=C(CCCl)Cc1cn(-c2cccnc2)nc1Cl. The highest BCUT2D eigenvalue weighted by molar-refractivity contribution is 6.30. The second-order valence-corrected chi connectivity index (χ2v) is 4.49. The van der Waals surface area contributed by atoms with Gasteiger partial charge in [-0.25, -0.2) is 4.68 Å². The van der Waals surface area contributed by atoms with Gasteiger partial charge in [0, 0.05) is 36.7 Å². The zero-order valence-electron chi connectivity index (χ0n) is 9.51. The molecule has 2 rings (SSSR count). The number of alkyl halides is 1. The Labute approximate surface area is 115 Å². The number of ketones is 1. The molecule has 0 spiro atoms. The molecule has 0 aliphatic rings. The van der Waals surface area contributed by atoms with E-state index in [1.165, 1.54) is 0 Å². The monoisotopic (exact) mass is 283 g/mol. The van der Waals surface area contributed by atoms with E-state index in [2.05, 4.69) is 10.1 Å². The smallest absolute Gasteiger partial charge is 0.155 e. The summed E-state index contributed by atoms with van der Waals surface area (Å²) < 4.78 is 1.61. The van der Waals surface area contributed by atoms with Crippen molar-refractivity contribution in [1.82, 2.24) is 14.8 Å². The summed E-state index contributed by atoms with van der Waals surface area (Å²) >= 11 is 11.5. The molecule has 0 saturated heterocycles. The number of pyridine rings is 1. The average Bonchev–Trinajstić information content (AvgIpc) is 2.72. The van der Waals surface area contributed by atoms with Gasteiger partial charge in [-0.2, -0.15) is 5.10 Å². The Bertz CT molecular complexity index is 540. The second kappa shape index (κ2) is 5.98. The number of halogens is 2. The normalized spacial score (nSPS) is 10.6. The van der Waals surface area contributed by atoms with Crippen molar-refractivity contribution in [2.75, 3.05) is 5.88 Å². The first kappa shape index (κ1) is 13.1. The quantitative estimate of drug-likeness (QED) is 0.793.